The van der Waals surface area contributed by atoms with E-state index in [2.05, 4.69) is 14.9 Å². The molecule has 0 bridgehead atoms. The Morgan fingerprint density at radius 1 is 1.19 bits per heavy atom. The summed E-state index contributed by atoms with van der Waals surface area (Å²) in [5.41, 5.74) is 1.85. The predicted molar refractivity (Wildman–Crippen MR) is 102 cm³/mol. The minimum atomic E-state index is -0.233. The molecule has 0 radical (unpaired) electrons. The fraction of sp³-hybridized carbons (Fsp3) is 0.524. The number of fused-ring (bicyclic) bond motifs is 1. The maximum Gasteiger partial charge on any atom is 0.162 e. The first-order chi connectivity index (χ1) is 13.1. The van der Waals surface area contributed by atoms with Crippen LogP contribution in [0.3, 0.4) is 0 Å². The highest BCUT2D eigenvalue weighted by atomic mass is 16.5. The van der Waals surface area contributed by atoms with Gasteiger partial charge in [0.05, 0.1) is 24.4 Å². The first kappa shape index (κ1) is 18.3. The maximum atomic E-state index is 10.1. The molecular formula is C21H27N3O3. The van der Waals surface area contributed by atoms with Crippen molar-refractivity contribution in [3.05, 3.63) is 42.2 Å². The molecule has 1 aromatic heterocycles. The van der Waals surface area contributed by atoms with Crippen molar-refractivity contribution in [1.29, 1.82) is 0 Å². The van der Waals surface area contributed by atoms with E-state index in [1.165, 1.54) is 0 Å². The second-order valence-electron chi connectivity index (χ2n) is 7.55. The minimum Gasteiger partial charge on any atom is -0.496 e. The quantitative estimate of drug-likeness (QED) is 0.874. The lowest BCUT2D eigenvalue weighted by molar-refractivity contribution is -0.0879. The van der Waals surface area contributed by atoms with E-state index in [4.69, 9.17) is 9.47 Å². The van der Waals surface area contributed by atoms with E-state index in [1.54, 1.807) is 14.2 Å². The number of benzene rings is 1. The Morgan fingerprint density at radius 2 is 1.96 bits per heavy atom. The molecule has 6 heteroatoms. The van der Waals surface area contributed by atoms with Crippen LogP contribution in [0.1, 0.15) is 31.2 Å². The molecule has 1 aliphatic heterocycles. The van der Waals surface area contributed by atoms with Gasteiger partial charge in [-0.3, -0.25) is 4.90 Å². The third-order valence-corrected chi connectivity index (χ3v) is 6.11. The van der Waals surface area contributed by atoms with Crippen LogP contribution in [-0.2, 0) is 11.3 Å². The number of likely N-dealkylation sites (tertiary alicyclic amines) is 1. The highest BCUT2D eigenvalue weighted by Crippen LogP contribution is 2.42. The number of methoxy groups -OCH3 is 2. The smallest absolute Gasteiger partial charge is 0.162 e. The van der Waals surface area contributed by atoms with Gasteiger partial charge < -0.3 is 14.6 Å². The number of aliphatic hydroxyl groups is 1. The van der Waals surface area contributed by atoms with E-state index >= 15 is 0 Å². The fourth-order valence-electron chi connectivity index (χ4n) is 4.60. The van der Waals surface area contributed by atoms with Crippen LogP contribution in [-0.4, -0.2) is 58.5 Å². The fourth-order valence-corrected chi connectivity index (χ4v) is 4.60. The van der Waals surface area contributed by atoms with Crippen LogP contribution in [0.15, 0.2) is 36.7 Å². The average Bonchev–Trinajstić information content (AvgIpc) is 3.07. The van der Waals surface area contributed by atoms with E-state index in [0.717, 1.165) is 55.6 Å². The van der Waals surface area contributed by atoms with E-state index < -0.39 is 0 Å². The Morgan fingerprint density at radius 3 is 2.70 bits per heavy atom. The SMILES string of the molecule is COc1ccccc1-c1ncc(CN2CC[C@]3(OC)CC[C@H](O)C[C@H]23)cn1. The van der Waals surface area contributed by atoms with Crippen LogP contribution in [0.5, 0.6) is 5.75 Å². The zero-order valence-electron chi connectivity index (χ0n) is 16.0. The molecule has 4 rings (SSSR count). The molecule has 0 amide bonds. The van der Waals surface area contributed by atoms with Crippen LogP contribution >= 0.6 is 0 Å². The van der Waals surface area contributed by atoms with Gasteiger partial charge in [-0.05, 0) is 37.8 Å². The van der Waals surface area contributed by atoms with Crippen LogP contribution < -0.4 is 4.74 Å². The summed E-state index contributed by atoms with van der Waals surface area (Å²) in [4.78, 5) is 11.5. The second-order valence-corrected chi connectivity index (χ2v) is 7.55. The lowest BCUT2D eigenvalue weighted by Gasteiger charge is -2.42. The first-order valence-electron chi connectivity index (χ1n) is 9.57. The number of ether oxygens (including phenoxy) is 2. The highest BCUT2D eigenvalue weighted by molar-refractivity contribution is 5.63. The van der Waals surface area contributed by atoms with Crippen molar-refractivity contribution in [3.63, 3.8) is 0 Å². The van der Waals surface area contributed by atoms with Crippen molar-refractivity contribution < 1.29 is 14.6 Å². The van der Waals surface area contributed by atoms with Crippen LogP contribution in [0.4, 0.5) is 0 Å². The monoisotopic (exact) mass is 369 g/mol. The van der Waals surface area contributed by atoms with E-state index in [1.807, 2.05) is 36.7 Å². The summed E-state index contributed by atoms with van der Waals surface area (Å²) in [6.45, 7) is 1.74. The number of aliphatic hydroxyl groups excluding tert-OH is 1. The minimum absolute atomic E-state index is 0.114. The van der Waals surface area contributed by atoms with Crippen LogP contribution in [0, 0.1) is 0 Å². The molecule has 2 heterocycles. The van der Waals surface area contributed by atoms with Gasteiger partial charge in [0.2, 0.25) is 0 Å². The summed E-state index contributed by atoms with van der Waals surface area (Å²) in [5.74, 6) is 1.43. The molecular weight excluding hydrogens is 342 g/mol. The van der Waals surface area contributed by atoms with Gasteiger partial charge >= 0.3 is 0 Å². The topological polar surface area (TPSA) is 67.7 Å². The summed E-state index contributed by atoms with van der Waals surface area (Å²) < 4.78 is 11.3. The molecule has 1 saturated carbocycles. The lowest BCUT2D eigenvalue weighted by atomic mass is 9.79. The Labute approximate surface area is 160 Å². The number of rotatable bonds is 5. The van der Waals surface area contributed by atoms with E-state index in [0.29, 0.717) is 5.82 Å². The zero-order valence-corrected chi connectivity index (χ0v) is 16.0. The number of hydrogen-bond donors (Lipinski definition) is 1. The van der Waals surface area contributed by atoms with Crippen molar-refractivity contribution in [2.75, 3.05) is 20.8 Å². The number of nitrogens with zero attached hydrogens (tertiary/aromatic N) is 3. The molecule has 144 valence electrons. The van der Waals surface area contributed by atoms with Crippen molar-refractivity contribution in [2.24, 2.45) is 0 Å². The molecule has 2 aliphatic rings. The lowest BCUT2D eigenvalue weighted by Crippen LogP contribution is -2.51. The Bertz CT molecular complexity index is 782. The van der Waals surface area contributed by atoms with Gasteiger partial charge in [0, 0.05) is 44.2 Å². The summed E-state index contributed by atoms with van der Waals surface area (Å²) >= 11 is 0. The number of aromatic nitrogens is 2. The standard InChI is InChI=1S/C21H27N3O3/c1-26-18-6-4-3-5-17(18)20-22-12-15(13-23-20)14-24-10-9-21(27-2)8-7-16(25)11-19(21)24/h3-6,12-13,16,19,25H,7-11,14H2,1-2H3/t16-,19-,21+/m0/s1. The second kappa shape index (κ2) is 7.54. The maximum absolute atomic E-state index is 10.1. The van der Waals surface area contributed by atoms with Gasteiger partial charge in [0.25, 0.3) is 0 Å². The Balaban J connectivity index is 1.50. The normalized spacial score (nSPS) is 28.1. The molecule has 2 aromatic rings. The molecule has 6 nitrogen and oxygen atoms in total. The summed E-state index contributed by atoms with van der Waals surface area (Å²) in [6.07, 6.45) is 7.09. The third-order valence-electron chi connectivity index (χ3n) is 6.11. The molecule has 0 unspecified atom stereocenters. The third kappa shape index (κ3) is 3.45. The molecule has 1 saturated heterocycles. The Kier molecular flexibility index (Phi) is 5.12. The molecule has 1 aromatic carbocycles. The zero-order chi connectivity index (χ0) is 18.9. The van der Waals surface area contributed by atoms with Gasteiger partial charge in [0.15, 0.2) is 5.82 Å². The molecule has 1 aliphatic carbocycles. The van der Waals surface area contributed by atoms with Gasteiger partial charge in [-0.2, -0.15) is 0 Å². The summed E-state index contributed by atoms with van der Waals surface area (Å²) in [6, 6.07) is 8.02. The van der Waals surface area contributed by atoms with Gasteiger partial charge in [0.1, 0.15) is 5.75 Å². The number of hydrogen-bond acceptors (Lipinski definition) is 6. The molecule has 27 heavy (non-hydrogen) atoms. The van der Waals surface area contributed by atoms with Crippen molar-refractivity contribution in [2.45, 2.75) is 50.0 Å². The first-order valence-corrected chi connectivity index (χ1v) is 9.57. The largest absolute Gasteiger partial charge is 0.496 e. The summed E-state index contributed by atoms with van der Waals surface area (Å²) in [5, 5.41) is 10.1. The molecule has 2 fully saturated rings. The van der Waals surface area contributed by atoms with Crippen molar-refractivity contribution in [3.8, 4) is 17.1 Å². The molecule has 3 atom stereocenters. The van der Waals surface area contributed by atoms with Gasteiger partial charge in [-0.1, -0.05) is 12.1 Å². The van der Waals surface area contributed by atoms with Gasteiger partial charge in [-0.15, -0.1) is 0 Å². The molecule has 1 N–H and O–H groups in total. The van der Waals surface area contributed by atoms with E-state index in [-0.39, 0.29) is 17.7 Å². The average molecular weight is 369 g/mol. The van der Waals surface area contributed by atoms with Gasteiger partial charge in [-0.25, -0.2) is 9.97 Å². The summed E-state index contributed by atoms with van der Waals surface area (Å²) in [7, 11) is 3.46. The predicted octanol–water partition coefficient (Wildman–Crippen LogP) is 2.66. The van der Waals surface area contributed by atoms with Crippen LogP contribution in [0.25, 0.3) is 11.4 Å². The Hall–Kier alpha value is -2.02. The number of para-hydroxylation sites is 1. The van der Waals surface area contributed by atoms with Crippen molar-refractivity contribution in [1.82, 2.24) is 14.9 Å². The molecule has 0 spiro atoms. The van der Waals surface area contributed by atoms with E-state index in [9.17, 15) is 5.11 Å². The van der Waals surface area contributed by atoms with Crippen LogP contribution in [0.2, 0.25) is 0 Å². The highest BCUT2D eigenvalue weighted by Gasteiger charge is 2.50. The van der Waals surface area contributed by atoms with Crippen molar-refractivity contribution >= 4 is 0 Å².